The smallest absolute Gasteiger partial charge is 0.306 e. The summed E-state index contributed by atoms with van der Waals surface area (Å²) in [6, 6.07) is 0. The molecule has 11 atom stereocenters. The van der Waals surface area contributed by atoms with Crippen LogP contribution in [0, 0.1) is 0 Å². The summed E-state index contributed by atoms with van der Waals surface area (Å²) in [6.07, 6.45) is 0.673. The molecule has 7 N–H and O–H groups in total. The SMILES string of the molecule is CCCCCCCCCCCCC(=O)O[C@H](COC(=O)CCCCCCCC)CO[C@@H]1O[C@@H](CO[C@H]2O[C@@H](CO)[C@H](O)[C@H](O)[C@H]2O)[C@H](O)[C@H](O)[C@@H]1O. The van der Waals surface area contributed by atoms with E-state index in [4.69, 9.17) is 28.4 Å². The van der Waals surface area contributed by atoms with Crippen molar-refractivity contribution in [3.05, 3.63) is 0 Å². The van der Waals surface area contributed by atoms with Gasteiger partial charge < -0.3 is 64.2 Å². The average Bonchev–Trinajstić information content (AvgIpc) is 3.13. The van der Waals surface area contributed by atoms with Gasteiger partial charge in [0.15, 0.2) is 18.7 Å². The highest BCUT2D eigenvalue weighted by Gasteiger charge is 2.47. The minimum absolute atomic E-state index is 0.170. The van der Waals surface area contributed by atoms with E-state index in [2.05, 4.69) is 13.8 Å². The van der Waals surface area contributed by atoms with Crippen LogP contribution in [0.5, 0.6) is 0 Å². The molecule has 0 amide bonds. The van der Waals surface area contributed by atoms with Crippen molar-refractivity contribution in [2.45, 2.75) is 197 Å². The highest BCUT2D eigenvalue weighted by molar-refractivity contribution is 5.70. The molecule has 2 rings (SSSR count). The van der Waals surface area contributed by atoms with Crippen molar-refractivity contribution in [2.75, 3.05) is 26.4 Å². The first kappa shape index (κ1) is 46.7. The second-order valence-corrected chi connectivity index (χ2v) is 14.1. The fourth-order valence-electron chi connectivity index (χ4n) is 6.21. The Hall–Kier alpha value is -1.50. The third-order valence-electron chi connectivity index (χ3n) is 9.59. The van der Waals surface area contributed by atoms with Crippen molar-refractivity contribution in [1.82, 2.24) is 0 Å². The third kappa shape index (κ3) is 17.3. The Labute approximate surface area is 308 Å². The fourth-order valence-corrected chi connectivity index (χ4v) is 6.21. The Morgan fingerprint density at radius 1 is 0.538 bits per heavy atom. The average molecular weight is 753 g/mol. The second-order valence-electron chi connectivity index (χ2n) is 14.1. The molecule has 2 saturated heterocycles. The van der Waals surface area contributed by atoms with Gasteiger partial charge >= 0.3 is 11.9 Å². The summed E-state index contributed by atoms with van der Waals surface area (Å²) in [5.41, 5.74) is 0. The lowest BCUT2D eigenvalue weighted by Crippen LogP contribution is -2.61. The van der Waals surface area contributed by atoms with Gasteiger partial charge in [0.25, 0.3) is 0 Å². The number of aliphatic hydroxyl groups is 7. The van der Waals surface area contributed by atoms with Gasteiger partial charge in [-0.15, -0.1) is 0 Å². The molecular weight excluding hydrogens is 684 g/mol. The van der Waals surface area contributed by atoms with Crippen LogP contribution in [0.4, 0.5) is 0 Å². The molecule has 52 heavy (non-hydrogen) atoms. The van der Waals surface area contributed by atoms with E-state index < -0.39 is 92.7 Å². The number of carbonyl (C=O) groups excluding carboxylic acids is 2. The fraction of sp³-hybridized carbons (Fsp3) is 0.946. The molecule has 15 nitrogen and oxygen atoms in total. The second kappa shape index (κ2) is 27.1. The summed E-state index contributed by atoms with van der Waals surface area (Å²) in [7, 11) is 0. The van der Waals surface area contributed by atoms with Gasteiger partial charge in [-0.25, -0.2) is 0 Å². The number of hydrogen-bond acceptors (Lipinski definition) is 15. The first-order valence-corrected chi connectivity index (χ1v) is 19.6. The molecule has 2 heterocycles. The monoisotopic (exact) mass is 752 g/mol. The van der Waals surface area contributed by atoms with E-state index >= 15 is 0 Å². The molecule has 15 heteroatoms. The van der Waals surface area contributed by atoms with E-state index in [1.165, 1.54) is 38.5 Å². The molecule has 0 aliphatic carbocycles. The molecule has 2 aliphatic heterocycles. The van der Waals surface area contributed by atoms with Crippen molar-refractivity contribution in [2.24, 2.45) is 0 Å². The summed E-state index contributed by atoms with van der Waals surface area (Å²) in [6.45, 7) is 2.46. The van der Waals surface area contributed by atoms with Crippen molar-refractivity contribution in [3.8, 4) is 0 Å². The number of ether oxygens (including phenoxy) is 6. The van der Waals surface area contributed by atoms with E-state index in [0.717, 1.165) is 51.4 Å². The molecule has 0 aromatic heterocycles. The predicted molar refractivity (Wildman–Crippen MR) is 188 cm³/mol. The van der Waals surface area contributed by atoms with Gasteiger partial charge in [-0.1, -0.05) is 104 Å². The maximum atomic E-state index is 12.8. The van der Waals surface area contributed by atoms with Crippen molar-refractivity contribution >= 4 is 11.9 Å². The van der Waals surface area contributed by atoms with E-state index in [9.17, 15) is 45.3 Å². The largest absolute Gasteiger partial charge is 0.462 e. The lowest BCUT2D eigenvalue weighted by Gasteiger charge is -2.42. The van der Waals surface area contributed by atoms with Crippen LogP contribution < -0.4 is 0 Å². The van der Waals surface area contributed by atoms with Crippen molar-refractivity contribution < 1.29 is 73.8 Å². The van der Waals surface area contributed by atoms with Crippen LogP contribution in [0.15, 0.2) is 0 Å². The molecule has 0 spiro atoms. The van der Waals surface area contributed by atoms with Crippen molar-refractivity contribution in [1.29, 1.82) is 0 Å². The lowest BCUT2D eigenvalue weighted by molar-refractivity contribution is -0.332. The number of esters is 2. The Balaban J connectivity index is 1.91. The molecular formula is C37H68O15. The molecule has 0 unspecified atom stereocenters. The van der Waals surface area contributed by atoms with E-state index in [1.54, 1.807) is 0 Å². The van der Waals surface area contributed by atoms with Gasteiger partial charge in [0.05, 0.1) is 19.8 Å². The molecule has 0 aromatic rings. The van der Waals surface area contributed by atoms with Gasteiger partial charge in [0.1, 0.15) is 55.4 Å². The number of rotatable bonds is 28. The Morgan fingerprint density at radius 2 is 0.981 bits per heavy atom. The highest BCUT2D eigenvalue weighted by atomic mass is 16.7. The van der Waals surface area contributed by atoms with Gasteiger partial charge in [-0.2, -0.15) is 0 Å². The molecule has 0 bridgehead atoms. The topological polar surface area (TPSA) is 231 Å². The standard InChI is InChI=1S/C37H68O15/c1-3-5-7-9-11-12-13-14-16-18-20-29(40)50-25(22-47-28(39)19-17-15-10-8-6-4-2)23-48-36-35(46)33(44)31(42)27(52-36)24-49-37-34(45)32(43)30(41)26(21-38)51-37/h25-27,30-38,41-46H,3-24H2,1-2H3/t25-,26+,27+,30+,31+,32+,33+,34-,35+,36-,37+/m1/s1. The first-order chi connectivity index (χ1) is 25.0. The minimum Gasteiger partial charge on any atom is -0.462 e. The Morgan fingerprint density at radius 3 is 1.50 bits per heavy atom. The minimum atomic E-state index is -1.75. The molecule has 0 aromatic carbocycles. The maximum Gasteiger partial charge on any atom is 0.306 e. The van der Waals surface area contributed by atoms with Gasteiger partial charge in [0, 0.05) is 12.8 Å². The highest BCUT2D eigenvalue weighted by Crippen LogP contribution is 2.26. The summed E-state index contributed by atoms with van der Waals surface area (Å²) in [5, 5.41) is 71.4. The van der Waals surface area contributed by atoms with Gasteiger partial charge in [0.2, 0.25) is 0 Å². The number of unbranched alkanes of at least 4 members (excludes halogenated alkanes) is 14. The van der Waals surface area contributed by atoms with Crippen molar-refractivity contribution in [3.63, 3.8) is 0 Å². The van der Waals surface area contributed by atoms with Crippen LogP contribution in [0.3, 0.4) is 0 Å². The molecule has 306 valence electrons. The van der Waals surface area contributed by atoms with Gasteiger partial charge in [-0.05, 0) is 12.8 Å². The molecule has 2 fully saturated rings. The zero-order valence-corrected chi connectivity index (χ0v) is 31.3. The zero-order valence-electron chi connectivity index (χ0n) is 31.3. The van der Waals surface area contributed by atoms with Crippen LogP contribution in [-0.4, -0.2) is 142 Å². The summed E-state index contributed by atoms with van der Waals surface area (Å²) in [4.78, 5) is 25.2. The summed E-state index contributed by atoms with van der Waals surface area (Å²) in [5.74, 6) is -0.935. The third-order valence-corrected chi connectivity index (χ3v) is 9.59. The molecule has 0 radical (unpaired) electrons. The normalized spacial score (nSPS) is 29.9. The van der Waals surface area contributed by atoms with Crippen LogP contribution in [-0.2, 0) is 38.0 Å². The number of aliphatic hydroxyl groups excluding tert-OH is 7. The maximum absolute atomic E-state index is 12.8. The van der Waals surface area contributed by atoms with E-state index in [-0.39, 0.29) is 26.1 Å². The Kier molecular flexibility index (Phi) is 24.3. The lowest BCUT2D eigenvalue weighted by atomic mass is 9.98. The Bertz CT molecular complexity index is 939. The van der Waals surface area contributed by atoms with E-state index in [0.29, 0.717) is 12.8 Å². The summed E-state index contributed by atoms with van der Waals surface area (Å²) >= 11 is 0. The van der Waals surface area contributed by atoms with Crippen LogP contribution in [0.2, 0.25) is 0 Å². The van der Waals surface area contributed by atoms with Gasteiger partial charge in [-0.3, -0.25) is 9.59 Å². The van der Waals surface area contributed by atoms with Crippen LogP contribution >= 0.6 is 0 Å². The van der Waals surface area contributed by atoms with Crippen LogP contribution in [0.1, 0.15) is 129 Å². The van der Waals surface area contributed by atoms with E-state index in [1.807, 2.05) is 0 Å². The molecule has 2 aliphatic rings. The quantitative estimate of drug-likeness (QED) is 0.0449. The predicted octanol–water partition coefficient (Wildman–Crippen LogP) is 2.14. The molecule has 0 saturated carbocycles. The van der Waals surface area contributed by atoms with Crippen LogP contribution in [0.25, 0.3) is 0 Å². The number of carbonyl (C=O) groups is 2. The zero-order chi connectivity index (χ0) is 38.3. The first-order valence-electron chi connectivity index (χ1n) is 19.6. The summed E-state index contributed by atoms with van der Waals surface area (Å²) < 4.78 is 33.2. The number of hydrogen-bond donors (Lipinski definition) is 7.